The Labute approximate surface area is 117 Å². The fourth-order valence-electron chi connectivity index (χ4n) is 2.95. The van der Waals surface area contributed by atoms with Gasteiger partial charge in [0.2, 0.25) is 0 Å². The van der Waals surface area contributed by atoms with Gasteiger partial charge in [-0.15, -0.1) is 0 Å². The summed E-state index contributed by atoms with van der Waals surface area (Å²) in [4.78, 5) is 12.4. The zero-order chi connectivity index (χ0) is 14.9. The smallest absolute Gasteiger partial charge is 0.294 e. The van der Waals surface area contributed by atoms with E-state index in [1.807, 2.05) is 0 Å². The monoisotopic (exact) mass is 284 g/mol. The van der Waals surface area contributed by atoms with E-state index in [9.17, 15) is 18.0 Å². The molecular weight excluding hydrogens is 265 g/mol. The van der Waals surface area contributed by atoms with Gasteiger partial charge in [-0.25, -0.2) is 0 Å². The molecule has 0 amide bonds. The van der Waals surface area contributed by atoms with Crippen molar-refractivity contribution in [3.05, 3.63) is 35.4 Å². The van der Waals surface area contributed by atoms with Crippen LogP contribution in [0.2, 0.25) is 0 Å². The van der Waals surface area contributed by atoms with Crippen molar-refractivity contribution in [1.29, 1.82) is 0 Å². The molecule has 0 aliphatic heterocycles. The van der Waals surface area contributed by atoms with Crippen LogP contribution in [0.1, 0.15) is 49.0 Å². The van der Waals surface area contributed by atoms with Crippen LogP contribution in [0.3, 0.4) is 0 Å². The number of halogens is 3. The highest BCUT2D eigenvalue weighted by atomic mass is 19.4. The molecule has 1 aliphatic rings. The highest BCUT2D eigenvalue weighted by Gasteiger charge is 2.37. The molecule has 110 valence electrons. The third-order valence-electron chi connectivity index (χ3n) is 4.47. The summed E-state index contributed by atoms with van der Waals surface area (Å²) in [6.07, 6.45) is -2.19. The van der Waals surface area contributed by atoms with Crippen molar-refractivity contribution < 1.29 is 18.0 Å². The van der Waals surface area contributed by atoms with E-state index in [1.54, 1.807) is 0 Å². The first-order valence-corrected chi connectivity index (χ1v) is 7.01. The van der Waals surface area contributed by atoms with Gasteiger partial charge in [-0.1, -0.05) is 32.0 Å². The SMILES string of the molecule is CC1CCC(C(=O)c2ccccc2C(F)(F)F)CC1C. The molecule has 1 saturated carbocycles. The van der Waals surface area contributed by atoms with Crippen molar-refractivity contribution in [3.63, 3.8) is 0 Å². The van der Waals surface area contributed by atoms with Crippen LogP contribution in [0.4, 0.5) is 13.2 Å². The van der Waals surface area contributed by atoms with Crippen molar-refractivity contribution in [2.45, 2.75) is 39.3 Å². The topological polar surface area (TPSA) is 17.1 Å². The number of alkyl halides is 3. The third-order valence-corrected chi connectivity index (χ3v) is 4.47. The highest BCUT2D eigenvalue weighted by Crippen LogP contribution is 2.38. The Morgan fingerprint density at radius 2 is 1.75 bits per heavy atom. The molecule has 2 rings (SSSR count). The normalized spacial score (nSPS) is 27.4. The predicted octanol–water partition coefficient (Wildman–Crippen LogP) is 4.96. The van der Waals surface area contributed by atoms with Gasteiger partial charge in [0.1, 0.15) is 0 Å². The van der Waals surface area contributed by atoms with Gasteiger partial charge >= 0.3 is 6.18 Å². The molecule has 0 bridgehead atoms. The minimum atomic E-state index is -4.47. The fourth-order valence-corrected chi connectivity index (χ4v) is 2.95. The summed E-state index contributed by atoms with van der Waals surface area (Å²) >= 11 is 0. The molecule has 20 heavy (non-hydrogen) atoms. The summed E-state index contributed by atoms with van der Waals surface area (Å²) in [5.41, 5.74) is -0.983. The van der Waals surface area contributed by atoms with E-state index in [2.05, 4.69) is 13.8 Å². The quantitative estimate of drug-likeness (QED) is 0.701. The molecule has 0 aromatic heterocycles. The number of hydrogen-bond acceptors (Lipinski definition) is 1. The maximum absolute atomic E-state index is 13.0. The Hall–Kier alpha value is -1.32. The minimum Gasteiger partial charge on any atom is -0.294 e. The van der Waals surface area contributed by atoms with Gasteiger partial charge in [-0.3, -0.25) is 4.79 Å². The van der Waals surface area contributed by atoms with E-state index in [0.29, 0.717) is 24.7 Å². The lowest BCUT2D eigenvalue weighted by atomic mass is 9.73. The highest BCUT2D eigenvalue weighted by molar-refractivity contribution is 5.99. The first-order chi connectivity index (χ1) is 9.30. The number of carbonyl (C=O) groups excluding carboxylic acids is 1. The van der Waals surface area contributed by atoms with Crippen molar-refractivity contribution in [2.75, 3.05) is 0 Å². The third kappa shape index (κ3) is 3.05. The Morgan fingerprint density at radius 3 is 2.35 bits per heavy atom. The molecule has 0 saturated heterocycles. The minimum absolute atomic E-state index is 0.174. The van der Waals surface area contributed by atoms with Crippen LogP contribution in [-0.4, -0.2) is 5.78 Å². The Balaban J connectivity index is 2.26. The standard InChI is InChI=1S/C16H19F3O/c1-10-7-8-12(9-11(10)2)15(20)13-5-3-4-6-14(13)16(17,18)19/h3-6,10-12H,7-9H2,1-2H3. The van der Waals surface area contributed by atoms with Gasteiger partial charge in [0.15, 0.2) is 5.78 Å². The lowest BCUT2D eigenvalue weighted by Crippen LogP contribution is -2.27. The summed E-state index contributed by atoms with van der Waals surface area (Å²) in [5.74, 6) is 0.300. The molecule has 1 fully saturated rings. The lowest BCUT2D eigenvalue weighted by Gasteiger charge is -2.31. The maximum Gasteiger partial charge on any atom is 0.417 e. The van der Waals surface area contributed by atoms with E-state index >= 15 is 0 Å². The molecule has 0 spiro atoms. The van der Waals surface area contributed by atoms with Crippen LogP contribution in [-0.2, 0) is 6.18 Å². The van der Waals surface area contributed by atoms with Gasteiger partial charge < -0.3 is 0 Å². The molecule has 0 N–H and O–H groups in total. The Kier molecular flexibility index (Phi) is 4.21. The van der Waals surface area contributed by atoms with Gasteiger partial charge in [0.25, 0.3) is 0 Å². The summed E-state index contributed by atoms with van der Waals surface area (Å²) < 4.78 is 38.9. The van der Waals surface area contributed by atoms with E-state index in [-0.39, 0.29) is 17.3 Å². The van der Waals surface area contributed by atoms with Gasteiger partial charge in [-0.05, 0) is 37.2 Å². The van der Waals surface area contributed by atoms with Gasteiger partial charge in [0.05, 0.1) is 5.56 Å². The van der Waals surface area contributed by atoms with Crippen molar-refractivity contribution >= 4 is 5.78 Å². The molecule has 4 heteroatoms. The average Bonchev–Trinajstić information content (AvgIpc) is 2.40. The van der Waals surface area contributed by atoms with Crippen LogP contribution in [0.5, 0.6) is 0 Å². The second kappa shape index (κ2) is 5.58. The lowest BCUT2D eigenvalue weighted by molar-refractivity contribution is -0.138. The maximum atomic E-state index is 13.0. The van der Waals surface area contributed by atoms with Gasteiger partial charge in [0, 0.05) is 11.5 Å². The van der Waals surface area contributed by atoms with E-state index in [0.717, 1.165) is 12.5 Å². The summed E-state index contributed by atoms with van der Waals surface area (Å²) in [6, 6.07) is 5.11. The summed E-state index contributed by atoms with van der Waals surface area (Å²) in [6.45, 7) is 4.20. The predicted molar refractivity (Wildman–Crippen MR) is 71.4 cm³/mol. The Bertz CT molecular complexity index is 493. The molecule has 1 aromatic rings. The molecular formula is C16H19F3O. The molecule has 1 aliphatic carbocycles. The van der Waals surface area contributed by atoms with Crippen LogP contribution >= 0.6 is 0 Å². The zero-order valence-corrected chi connectivity index (χ0v) is 11.7. The Morgan fingerprint density at radius 1 is 1.10 bits per heavy atom. The molecule has 3 unspecified atom stereocenters. The number of ketones is 1. The fraction of sp³-hybridized carbons (Fsp3) is 0.562. The number of hydrogen-bond donors (Lipinski definition) is 0. The molecule has 1 nitrogen and oxygen atoms in total. The number of carbonyl (C=O) groups is 1. The van der Waals surface area contributed by atoms with Crippen LogP contribution < -0.4 is 0 Å². The molecule has 0 radical (unpaired) electrons. The second-order valence-corrected chi connectivity index (χ2v) is 5.87. The van der Waals surface area contributed by atoms with E-state index in [1.165, 1.54) is 18.2 Å². The number of rotatable bonds is 2. The molecule has 1 aromatic carbocycles. The first-order valence-electron chi connectivity index (χ1n) is 7.01. The van der Waals surface area contributed by atoms with E-state index in [4.69, 9.17) is 0 Å². The van der Waals surface area contributed by atoms with E-state index < -0.39 is 11.7 Å². The van der Waals surface area contributed by atoms with Crippen LogP contribution in [0, 0.1) is 17.8 Å². The van der Waals surface area contributed by atoms with Crippen molar-refractivity contribution in [3.8, 4) is 0 Å². The first kappa shape index (κ1) is 15.1. The average molecular weight is 284 g/mol. The molecule has 3 atom stereocenters. The van der Waals surface area contributed by atoms with Crippen LogP contribution in [0.15, 0.2) is 24.3 Å². The summed E-state index contributed by atoms with van der Waals surface area (Å²) in [7, 11) is 0. The van der Waals surface area contributed by atoms with Crippen molar-refractivity contribution in [1.82, 2.24) is 0 Å². The van der Waals surface area contributed by atoms with Gasteiger partial charge in [-0.2, -0.15) is 13.2 Å². The largest absolute Gasteiger partial charge is 0.417 e. The summed E-state index contributed by atoms with van der Waals surface area (Å²) in [5, 5.41) is 0. The second-order valence-electron chi connectivity index (χ2n) is 5.87. The number of benzene rings is 1. The zero-order valence-electron chi connectivity index (χ0n) is 11.7. The molecule has 0 heterocycles. The van der Waals surface area contributed by atoms with Crippen LogP contribution in [0.25, 0.3) is 0 Å². The van der Waals surface area contributed by atoms with Crippen molar-refractivity contribution in [2.24, 2.45) is 17.8 Å². The number of Topliss-reactive ketones (excluding diaryl/α,β-unsaturated/α-hetero) is 1.